The lowest BCUT2D eigenvalue weighted by Gasteiger charge is -2.17. The molecule has 2 N–H and O–H groups in total. The molecule has 1 heterocycles. The molecule has 1 atom stereocenters. The SMILES string of the molecule is CCCc1ccc(N2CC(C(=O)NCCOCC(=O)O)CC2=O)cc1. The second-order valence-corrected chi connectivity index (χ2v) is 6.06. The van der Waals surface area contributed by atoms with Gasteiger partial charge in [-0.2, -0.15) is 0 Å². The van der Waals surface area contributed by atoms with Crippen LogP contribution in [-0.4, -0.2) is 49.2 Å². The minimum Gasteiger partial charge on any atom is -0.480 e. The number of carbonyl (C=O) groups is 3. The third-order valence-electron chi connectivity index (χ3n) is 4.05. The highest BCUT2D eigenvalue weighted by molar-refractivity contribution is 6.00. The zero-order valence-corrected chi connectivity index (χ0v) is 14.4. The summed E-state index contributed by atoms with van der Waals surface area (Å²) < 4.78 is 4.86. The summed E-state index contributed by atoms with van der Waals surface area (Å²) in [5.74, 6) is -1.72. The molecule has 1 aliphatic heterocycles. The maximum Gasteiger partial charge on any atom is 0.329 e. The molecule has 1 unspecified atom stereocenters. The van der Waals surface area contributed by atoms with Gasteiger partial charge in [0.05, 0.1) is 12.5 Å². The van der Waals surface area contributed by atoms with Crippen molar-refractivity contribution in [1.29, 1.82) is 0 Å². The van der Waals surface area contributed by atoms with Crippen LogP contribution in [0.5, 0.6) is 0 Å². The molecular weight excluding hydrogens is 324 g/mol. The summed E-state index contributed by atoms with van der Waals surface area (Å²) in [6, 6.07) is 7.87. The molecule has 0 aliphatic carbocycles. The van der Waals surface area contributed by atoms with Crippen molar-refractivity contribution in [3.63, 3.8) is 0 Å². The molecule has 2 amide bonds. The van der Waals surface area contributed by atoms with Gasteiger partial charge in [0.15, 0.2) is 0 Å². The molecule has 1 aliphatic rings. The predicted molar refractivity (Wildman–Crippen MR) is 92.4 cm³/mol. The number of carboxylic acids is 1. The Morgan fingerprint density at radius 2 is 2.04 bits per heavy atom. The highest BCUT2D eigenvalue weighted by Crippen LogP contribution is 2.25. The van der Waals surface area contributed by atoms with Gasteiger partial charge in [0.25, 0.3) is 0 Å². The monoisotopic (exact) mass is 348 g/mol. The largest absolute Gasteiger partial charge is 0.480 e. The normalized spacial score (nSPS) is 16.9. The van der Waals surface area contributed by atoms with E-state index in [4.69, 9.17) is 9.84 Å². The van der Waals surface area contributed by atoms with E-state index in [-0.39, 0.29) is 38.0 Å². The predicted octanol–water partition coefficient (Wildman–Crippen LogP) is 1.21. The summed E-state index contributed by atoms with van der Waals surface area (Å²) in [6.07, 6.45) is 2.25. The van der Waals surface area contributed by atoms with Crippen LogP contribution in [0, 0.1) is 5.92 Å². The van der Waals surface area contributed by atoms with Crippen molar-refractivity contribution in [2.75, 3.05) is 31.2 Å². The molecule has 7 nitrogen and oxygen atoms in total. The maximum absolute atomic E-state index is 12.2. The Labute approximate surface area is 147 Å². The first-order chi connectivity index (χ1) is 12.0. The summed E-state index contributed by atoms with van der Waals surface area (Å²) in [6.45, 7) is 2.44. The van der Waals surface area contributed by atoms with E-state index in [1.165, 1.54) is 5.56 Å². The summed E-state index contributed by atoms with van der Waals surface area (Å²) in [5, 5.41) is 11.1. The quantitative estimate of drug-likeness (QED) is 0.654. The number of anilines is 1. The molecule has 1 aromatic rings. The van der Waals surface area contributed by atoms with Crippen molar-refractivity contribution in [3.8, 4) is 0 Å². The molecule has 0 radical (unpaired) electrons. The van der Waals surface area contributed by atoms with Gasteiger partial charge in [-0.1, -0.05) is 25.5 Å². The summed E-state index contributed by atoms with van der Waals surface area (Å²) in [7, 11) is 0. The first kappa shape index (κ1) is 18.9. The number of nitrogens with one attached hydrogen (secondary N) is 1. The summed E-state index contributed by atoms with van der Waals surface area (Å²) in [5.41, 5.74) is 2.04. The lowest BCUT2D eigenvalue weighted by Crippen LogP contribution is -2.35. The van der Waals surface area contributed by atoms with Crippen LogP contribution < -0.4 is 10.2 Å². The number of aliphatic carboxylic acids is 1. The summed E-state index contributed by atoms with van der Waals surface area (Å²) in [4.78, 5) is 36.3. The van der Waals surface area contributed by atoms with E-state index in [1.807, 2.05) is 24.3 Å². The number of benzene rings is 1. The number of hydrogen-bond donors (Lipinski definition) is 2. The van der Waals surface area contributed by atoms with Crippen LogP contribution in [0.25, 0.3) is 0 Å². The fourth-order valence-electron chi connectivity index (χ4n) is 2.81. The highest BCUT2D eigenvalue weighted by atomic mass is 16.5. The van der Waals surface area contributed by atoms with Crippen molar-refractivity contribution < 1.29 is 24.2 Å². The number of carbonyl (C=O) groups excluding carboxylic acids is 2. The number of aryl methyl sites for hydroxylation is 1. The molecule has 1 aromatic carbocycles. The Morgan fingerprint density at radius 1 is 1.32 bits per heavy atom. The van der Waals surface area contributed by atoms with E-state index in [0.717, 1.165) is 18.5 Å². The van der Waals surface area contributed by atoms with Gasteiger partial charge in [-0.05, 0) is 24.1 Å². The maximum atomic E-state index is 12.2. The Kier molecular flexibility index (Phi) is 6.94. The first-order valence-electron chi connectivity index (χ1n) is 8.47. The number of nitrogens with zero attached hydrogens (tertiary/aromatic N) is 1. The Balaban J connectivity index is 1.82. The van der Waals surface area contributed by atoms with E-state index in [1.54, 1.807) is 4.90 Å². The molecule has 0 spiro atoms. The highest BCUT2D eigenvalue weighted by Gasteiger charge is 2.34. The van der Waals surface area contributed by atoms with Gasteiger partial charge in [-0.3, -0.25) is 9.59 Å². The van der Waals surface area contributed by atoms with Gasteiger partial charge in [0.1, 0.15) is 6.61 Å². The minimum atomic E-state index is -1.05. The van der Waals surface area contributed by atoms with Crippen molar-refractivity contribution in [2.45, 2.75) is 26.2 Å². The molecule has 25 heavy (non-hydrogen) atoms. The van der Waals surface area contributed by atoms with Crippen LogP contribution in [0.15, 0.2) is 24.3 Å². The van der Waals surface area contributed by atoms with Crippen molar-refractivity contribution in [3.05, 3.63) is 29.8 Å². The Bertz CT molecular complexity index is 614. The Morgan fingerprint density at radius 3 is 2.68 bits per heavy atom. The zero-order chi connectivity index (χ0) is 18.2. The topological polar surface area (TPSA) is 95.9 Å². The average Bonchev–Trinajstić information content (AvgIpc) is 2.97. The number of rotatable bonds is 9. The molecule has 1 saturated heterocycles. The van der Waals surface area contributed by atoms with E-state index < -0.39 is 11.9 Å². The van der Waals surface area contributed by atoms with E-state index >= 15 is 0 Å². The average molecular weight is 348 g/mol. The molecule has 0 aromatic heterocycles. The smallest absolute Gasteiger partial charge is 0.329 e. The van der Waals surface area contributed by atoms with E-state index in [9.17, 15) is 14.4 Å². The van der Waals surface area contributed by atoms with Crippen molar-refractivity contribution >= 4 is 23.5 Å². The number of amides is 2. The molecule has 7 heteroatoms. The zero-order valence-electron chi connectivity index (χ0n) is 14.4. The molecule has 0 saturated carbocycles. The van der Waals surface area contributed by atoms with Crippen LogP contribution in [0.3, 0.4) is 0 Å². The van der Waals surface area contributed by atoms with Crippen LogP contribution in [0.4, 0.5) is 5.69 Å². The fraction of sp³-hybridized carbons (Fsp3) is 0.500. The van der Waals surface area contributed by atoms with Gasteiger partial charge in [0, 0.05) is 25.2 Å². The van der Waals surface area contributed by atoms with E-state index in [0.29, 0.717) is 6.54 Å². The lowest BCUT2D eigenvalue weighted by molar-refractivity contribution is -0.142. The molecule has 1 fully saturated rings. The van der Waals surface area contributed by atoms with Crippen molar-refractivity contribution in [2.24, 2.45) is 5.92 Å². The van der Waals surface area contributed by atoms with Crippen molar-refractivity contribution in [1.82, 2.24) is 5.32 Å². The Hall–Kier alpha value is -2.41. The third-order valence-corrected chi connectivity index (χ3v) is 4.05. The third kappa shape index (κ3) is 5.56. The minimum absolute atomic E-state index is 0.0643. The van der Waals surface area contributed by atoms with Crippen LogP contribution in [-0.2, 0) is 25.5 Å². The number of hydrogen-bond acceptors (Lipinski definition) is 4. The van der Waals surface area contributed by atoms with Gasteiger partial charge in [-0.15, -0.1) is 0 Å². The standard InChI is InChI=1S/C18H24N2O5/c1-2-3-13-4-6-15(7-5-13)20-11-14(10-16(20)21)18(24)19-8-9-25-12-17(22)23/h4-7,14H,2-3,8-12H2,1H3,(H,19,24)(H,22,23). The number of carboxylic acid groups (broad SMARTS) is 1. The number of ether oxygens (including phenoxy) is 1. The van der Waals surface area contributed by atoms with Crippen LogP contribution in [0.1, 0.15) is 25.3 Å². The molecule has 0 bridgehead atoms. The van der Waals surface area contributed by atoms with Crippen LogP contribution >= 0.6 is 0 Å². The summed E-state index contributed by atoms with van der Waals surface area (Å²) >= 11 is 0. The second-order valence-electron chi connectivity index (χ2n) is 6.06. The fourth-order valence-corrected chi connectivity index (χ4v) is 2.81. The lowest BCUT2D eigenvalue weighted by atomic mass is 10.1. The van der Waals surface area contributed by atoms with Gasteiger partial charge < -0.3 is 20.1 Å². The van der Waals surface area contributed by atoms with Crippen LogP contribution in [0.2, 0.25) is 0 Å². The van der Waals surface area contributed by atoms with Gasteiger partial charge in [-0.25, -0.2) is 4.79 Å². The second kappa shape index (κ2) is 9.17. The van der Waals surface area contributed by atoms with Gasteiger partial charge in [0.2, 0.25) is 11.8 Å². The molecular formula is C18H24N2O5. The molecule has 2 rings (SSSR count). The molecule has 136 valence electrons. The van der Waals surface area contributed by atoms with Gasteiger partial charge >= 0.3 is 5.97 Å². The first-order valence-corrected chi connectivity index (χ1v) is 8.47. The van der Waals surface area contributed by atoms with E-state index in [2.05, 4.69) is 12.2 Å².